The Hall–Kier alpha value is -0.390. The molecule has 16 heavy (non-hydrogen) atoms. The van der Waals surface area contributed by atoms with Gasteiger partial charge in [-0.2, -0.15) is 0 Å². The minimum absolute atomic E-state index is 0. The molecule has 2 aromatic rings. The van der Waals surface area contributed by atoms with E-state index in [1.165, 1.54) is 11.1 Å². The molecule has 0 saturated carbocycles. The Kier molecular flexibility index (Phi) is 7.62. The van der Waals surface area contributed by atoms with E-state index < -0.39 is 0 Å². The third kappa shape index (κ3) is 3.88. The largest absolute Gasteiger partial charge is 1.00 e. The molecule has 2 heteroatoms. The van der Waals surface area contributed by atoms with Crippen molar-refractivity contribution < 1.29 is 22.4 Å². The molecule has 1 unspecified atom stereocenters. The molecule has 0 N–H and O–H groups in total. The number of rotatable bonds is 2. The predicted molar refractivity (Wildman–Crippen MR) is 70.9 cm³/mol. The Balaban J connectivity index is 0.00000112. The SMILES string of the molecule is PC(c1ccccc1)c1ccccc1.[Au+].[CH3-]. The summed E-state index contributed by atoms with van der Waals surface area (Å²) >= 11 is 0. The second kappa shape index (κ2) is 7.81. The van der Waals surface area contributed by atoms with Crippen LogP contribution in [0.4, 0.5) is 0 Å². The summed E-state index contributed by atoms with van der Waals surface area (Å²) in [6, 6.07) is 21.0. The zero-order valence-corrected chi connectivity index (χ0v) is 12.6. The maximum Gasteiger partial charge on any atom is 1.00 e. The summed E-state index contributed by atoms with van der Waals surface area (Å²) in [4.78, 5) is 0. The van der Waals surface area contributed by atoms with Crippen molar-refractivity contribution in [1.29, 1.82) is 0 Å². The van der Waals surface area contributed by atoms with Crippen LogP contribution in [0.2, 0.25) is 0 Å². The minimum Gasteiger partial charge on any atom is -0.358 e. The van der Waals surface area contributed by atoms with Gasteiger partial charge in [-0.1, -0.05) is 60.7 Å². The Morgan fingerprint density at radius 2 is 1.00 bits per heavy atom. The van der Waals surface area contributed by atoms with Gasteiger partial charge in [0.25, 0.3) is 0 Å². The number of hydrogen-bond donors (Lipinski definition) is 0. The molecule has 0 aliphatic carbocycles. The summed E-state index contributed by atoms with van der Waals surface area (Å²) in [6.45, 7) is 0. The van der Waals surface area contributed by atoms with E-state index in [0.717, 1.165) is 0 Å². The van der Waals surface area contributed by atoms with Crippen LogP contribution in [0.15, 0.2) is 60.7 Å². The smallest absolute Gasteiger partial charge is 0.358 e. The molecule has 0 fully saturated rings. The van der Waals surface area contributed by atoms with E-state index in [0.29, 0.717) is 5.66 Å². The maximum atomic E-state index is 2.89. The first-order valence-electron chi connectivity index (χ1n) is 4.73. The molecule has 0 nitrogen and oxygen atoms in total. The third-order valence-electron chi connectivity index (χ3n) is 2.32. The molecule has 0 radical (unpaired) electrons. The quantitative estimate of drug-likeness (QED) is 0.396. The number of hydrogen-bond acceptors (Lipinski definition) is 0. The zero-order valence-electron chi connectivity index (χ0n) is 9.23. The van der Waals surface area contributed by atoms with Crippen LogP contribution in [-0.2, 0) is 22.4 Å². The zero-order chi connectivity index (χ0) is 9.80. The molecule has 88 valence electrons. The molecular formula is C14H16AuP. The molecule has 1 atom stereocenters. The molecule has 0 aliphatic heterocycles. The topological polar surface area (TPSA) is 0 Å². The fraction of sp³-hybridized carbons (Fsp3) is 0.0714. The van der Waals surface area contributed by atoms with Gasteiger partial charge in [-0.3, -0.25) is 0 Å². The molecule has 0 saturated heterocycles. The molecule has 0 aromatic heterocycles. The average molecular weight is 412 g/mol. The van der Waals surface area contributed by atoms with E-state index in [1.807, 2.05) is 12.1 Å². The maximum absolute atomic E-state index is 2.89. The van der Waals surface area contributed by atoms with Gasteiger partial charge in [-0.15, -0.1) is 9.24 Å². The van der Waals surface area contributed by atoms with Crippen molar-refractivity contribution in [1.82, 2.24) is 0 Å². The van der Waals surface area contributed by atoms with Gasteiger partial charge in [0.15, 0.2) is 0 Å². The van der Waals surface area contributed by atoms with Gasteiger partial charge in [0.2, 0.25) is 0 Å². The van der Waals surface area contributed by atoms with Crippen LogP contribution in [0.1, 0.15) is 16.8 Å². The van der Waals surface area contributed by atoms with Crippen molar-refractivity contribution in [2.75, 3.05) is 0 Å². The first-order chi connectivity index (χ1) is 6.88. The van der Waals surface area contributed by atoms with Crippen molar-refractivity contribution >= 4 is 9.24 Å². The van der Waals surface area contributed by atoms with Crippen molar-refractivity contribution in [3.8, 4) is 0 Å². The summed E-state index contributed by atoms with van der Waals surface area (Å²) in [6.07, 6.45) is 0. The van der Waals surface area contributed by atoms with Crippen molar-refractivity contribution in [3.63, 3.8) is 0 Å². The van der Waals surface area contributed by atoms with Gasteiger partial charge in [0.05, 0.1) is 0 Å². The summed E-state index contributed by atoms with van der Waals surface area (Å²) < 4.78 is 0. The van der Waals surface area contributed by atoms with Crippen LogP contribution in [0.5, 0.6) is 0 Å². The summed E-state index contributed by atoms with van der Waals surface area (Å²) in [5.41, 5.74) is 3.07. The van der Waals surface area contributed by atoms with Crippen LogP contribution in [0.3, 0.4) is 0 Å². The van der Waals surface area contributed by atoms with E-state index >= 15 is 0 Å². The van der Waals surface area contributed by atoms with Crippen LogP contribution in [-0.4, -0.2) is 0 Å². The number of benzene rings is 2. The molecule has 0 heterocycles. The summed E-state index contributed by atoms with van der Waals surface area (Å²) in [7, 11) is 2.89. The second-order valence-corrected chi connectivity index (χ2v) is 3.97. The van der Waals surface area contributed by atoms with E-state index in [-0.39, 0.29) is 29.8 Å². The van der Waals surface area contributed by atoms with Gasteiger partial charge >= 0.3 is 22.4 Å². The minimum atomic E-state index is 0. The van der Waals surface area contributed by atoms with E-state index in [1.54, 1.807) is 0 Å². The Morgan fingerprint density at radius 3 is 1.31 bits per heavy atom. The van der Waals surface area contributed by atoms with Crippen molar-refractivity contribution in [3.05, 3.63) is 79.2 Å². The van der Waals surface area contributed by atoms with Crippen molar-refractivity contribution in [2.45, 2.75) is 5.66 Å². The van der Waals surface area contributed by atoms with Crippen molar-refractivity contribution in [2.24, 2.45) is 0 Å². The van der Waals surface area contributed by atoms with E-state index in [2.05, 4.69) is 57.8 Å². The van der Waals surface area contributed by atoms with E-state index in [9.17, 15) is 0 Å². The fourth-order valence-corrected chi connectivity index (χ4v) is 1.96. The normalized spacial score (nSPS) is 9.12. The standard InChI is InChI=1S/C13H13P.CH3.Au/c14-13(11-7-3-1-4-8-11)12-9-5-2-6-10-12;;/h1-10,13H,14H2;1H3;/q;-1;+1. The summed E-state index contributed by atoms with van der Waals surface area (Å²) in [5, 5.41) is 0. The van der Waals surface area contributed by atoms with Crippen LogP contribution >= 0.6 is 9.24 Å². The first-order valence-corrected chi connectivity index (χ1v) is 5.40. The van der Waals surface area contributed by atoms with Gasteiger partial charge < -0.3 is 7.43 Å². The third-order valence-corrected chi connectivity index (χ3v) is 3.09. The van der Waals surface area contributed by atoms with Crippen LogP contribution < -0.4 is 0 Å². The molecule has 0 bridgehead atoms. The molecule has 0 amide bonds. The predicted octanol–water partition coefficient (Wildman–Crippen LogP) is 4.10. The average Bonchev–Trinajstić information content (AvgIpc) is 2.30. The van der Waals surface area contributed by atoms with Gasteiger partial charge in [-0.25, -0.2) is 0 Å². The van der Waals surface area contributed by atoms with Gasteiger partial charge in [0.1, 0.15) is 0 Å². The fourth-order valence-electron chi connectivity index (χ4n) is 1.51. The van der Waals surface area contributed by atoms with Gasteiger partial charge in [-0.05, 0) is 11.1 Å². The first kappa shape index (κ1) is 15.6. The van der Waals surface area contributed by atoms with Gasteiger partial charge in [0, 0.05) is 5.66 Å². The molecule has 2 rings (SSSR count). The van der Waals surface area contributed by atoms with Crippen LogP contribution in [0.25, 0.3) is 0 Å². The molecule has 0 aliphatic rings. The second-order valence-electron chi connectivity index (χ2n) is 3.30. The molecular weight excluding hydrogens is 396 g/mol. The summed E-state index contributed by atoms with van der Waals surface area (Å²) in [5.74, 6) is 0. The molecule has 0 spiro atoms. The Labute approximate surface area is 116 Å². The monoisotopic (exact) mass is 412 g/mol. The van der Waals surface area contributed by atoms with E-state index in [4.69, 9.17) is 0 Å². The van der Waals surface area contributed by atoms with Crippen LogP contribution in [0, 0.1) is 7.43 Å². The Morgan fingerprint density at radius 1 is 0.688 bits per heavy atom. The molecule has 2 aromatic carbocycles. The Bertz CT molecular complexity index is 346.